The van der Waals surface area contributed by atoms with Gasteiger partial charge in [-0.1, -0.05) is 64.1 Å². The highest BCUT2D eigenvalue weighted by atomic mass is 16.2. The van der Waals surface area contributed by atoms with Crippen molar-refractivity contribution in [1.29, 1.82) is 0 Å². The zero-order chi connectivity index (χ0) is 15.6. The highest BCUT2D eigenvalue weighted by Gasteiger charge is 2.25. The van der Waals surface area contributed by atoms with E-state index in [1.165, 1.54) is 21.9 Å². The molecule has 1 amide bonds. The molecular formula is C19H25NO. The molecule has 0 unspecified atom stereocenters. The first-order valence-corrected chi connectivity index (χ1v) is 7.59. The van der Waals surface area contributed by atoms with Gasteiger partial charge in [-0.2, -0.15) is 0 Å². The molecule has 0 N–H and O–H groups in total. The van der Waals surface area contributed by atoms with Crippen LogP contribution in [-0.4, -0.2) is 17.9 Å². The summed E-state index contributed by atoms with van der Waals surface area (Å²) in [5, 5.41) is 2.49. The Morgan fingerprint density at radius 2 is 1.86 bits per heavy atom. The predicted octanol–water partition coefficient (Wildman–Crippen LogP) is 4.41. The first kappa shape index (κ1) is 15.6. The van der Waals surface area contributed by atoms with Crippen LogP contribution in [0.4, 0.5) is 0 Å². The minimum absolute atomic E-state index is 0.171. The van der Waals surface area contributed by atoms with Gasteiger partial charge < -0.3 is 4.90 Å². The van der Waals surface area contributed by atoms with Crippen LogP contribution in [0.15, 0.2) is 36.4 Å². The van der Waals surface area contributed by atoms with Crippen LogP contribution in [-0.2, 0) is 17.8 Å². The van der Waals surface area contributed by atoms with Gasteiger partial charge in [-0.05, 0) is 28.3 Å². The molecular weight excluding hydrogens is 258 g/mol. The number of fused-ring (bicyclic) bond motifs is 1. The van der Waals surface area contributed by atoms with E-state index in [4.69, 9.17) is 0 Å². The molecule has 0 spiro atoms. The van der Waals surface area contributed by atoms with E-state index in [0.717, 1.165) is 6.42 Å². The van der Waals surface area contributed by atoms with Crippen LogP contribution in [0.3, 0.4) is 0 Å². The average Bonchev–Trinajstić information content (AvgIpc) is 2.45. The van der Waals surface area contributed by atoms with E-state index in [9.17, 15) is 4.79 Å². The zero-order valence-corrected chi connectivity index (χ0v) is 13.7. The quantitative estimate of drug-likeness (QED) is 0.817. The number of benzene rings is 2. The van der Waals surface area contributed by atoms with E-state index in [-0.39, 0.29) is 11.3 Å². The Hall–Kier alpha value is -1.83. The molecule has 0 aliphatic heterocycles. The summed E-state index contributed by atoms with van der Waals surface area (Å²) in [5.41, 5.74) is 2.21. The lowest BCUT2D eigenvalue weighted by Gasteiger charge is -2.26. The first-order valence-electron chi connectivity index (χ1n) is 7.59. The fourth-order valence-electron chi connectivity index (χ4n) is 2.66. The molecule has 0 heterocycles. The Bertz CT molecular complexity index is 652. The molecule has 2 heteroatoms. The summed E-state index contributed by atoms with van der Waals surface area (Å²) in [6.07, 6.45) is 1.04. The van der Waals surface area contributed by atoms with Gasteiger partial charge in [-0.3, -0.25) is 4.79 Å². The van der Waals surface area contributed by atoms with Crippen molar-refractivity contribution in [3.8, 4) is 0 Å². The maximum atomic E-state index is 12.3. The van der Waals surface area contributed by atoms with Crippen molar-refractivity contribution >= 4 is 16.7 Å². The van der Waals surface area contributed by atoms with Crippen LogP contribution < -0.4 is 0 Å². The molecule has 0 radical (unpaired) electrons. The topological polar surface area (TPSA) is 20.3 Å². The number of amides is 1. The van der Waals surface area contributed by atoms with Crippen LogP contribution in [0.5, 0.6) is 0 Å². The van der Waals surface area contributed by atoms with Crippen molar-refractivity contribution in [2.45, 2.75) is 40.7 Å². The van der Waals surface area contributed by atoms with Gasteiger partial charge in [-0.25, -0.2) is 0 Å². The molecule has 0 aromatic heterocycles. The number of hydrogen-bond acceptors (Lipinski definition) is 1. The summed E-state index contributed by atoms with van der Waals surface area (Å²) >= 11 is 0. The first-order chi connectivity index (χ1) is 9.82. The van der Waals surface area contributed by atoms with Crippen LogP contribution in [0.1, 0.15) is 38.8 Å². The molecule has 2 rings (SSSR count). The van der Waals surface area contributed by atoms with Gasteiger partial charge in [0, 0.05) is 19.0 Å². The van der Waals surface area contributed by atoms with Crippen molar-refractivity contribution in [3.05, 3.63) is 47.5 Å². The second-order valence-corrected chi connectivity index (χ2v) is 6.74. The number of rotatable bonds is 3. The van der Waals surface area contributed by atoms with Gasteiger partial charge in [0.25, 0.3) is 0 Å². The second-order valence-electron chi connectivity index (χ2n) is 6.74. The van der Waals surface area contributed by atoms with Crippen molar-refractivity contribution in [2.24, 2.45) is 5.41 Å². The summed E-state index contributed by atoms with van der Waals surface area (Å²) in [4.78, 5) is 14.2. The molecule has 0 fully saturated rings. The monoisotopic (exact) mass is 283 g/mol. The van der Waals surface area contributed by atoms with E-state index in [1.807, 2.05) is 32.7 Å². The Morgan fingerprint density at radius 3 is 2.48 bits per heavy atom. The smallest absolute Gasteiger partial charge is 0.227 e. The third-order valence-electron chi connectivity index (χ3n) is 3.84. The van der Waals surface area contributed by atoms with Crippen molar-refractivity contribution in [3.63, 3.8) is 0 Å². The molecule has 0 saturated heterocycles. The fraction of sp³-hybridized carbons (Fsp3) is 0.421. The lowest BCUT2D eigenvalue weighted by molar-refractivity contribution is -0.138. The Kier molecular flexibility index (Phi) is 4.36. The van der Waals surface area contributed by atoms with Crippen LogP contribution in [0.2, 0.25) is 0 Å². The molecule has 0 aliphatic carbocycles. The van der Waals surface area contributed by atoms with Crippen molar-refractivity contribution < 1.29 is 4.79 Å². The standard InChI is InChI=1S/C19H25NO/c1-6-14-10-11-17-15(12-14)8-7-9-16(17)13-20(5)18(21)19(2,3)4/h7-12H,6,13H2,1-5H3. The SMILES string of the molecule is CCc1ccc2c(CN(C)C(=O)C(C)(C)C)cccc2c1. The van der Waals surface area contributed by atoms with E-state index >= 15 is 0 Å². The Balaban J connectivity index is 2.33. The summed E-state index contributed by atoms with van der Waals surface area (Å²) in [7, 11) is 1.88. The molecule has 2 aromatic carbocycles. The lowest BCUT2D eigenvalue weighted by Crippen LogP contribution is -2.36. The number of carbonyl (C=O) groups is 1. The number of nitrogens with zero attached hydrogens (tertiary/aromatic N) is 1. The van der Waals surface area contributed by atoms with Crippen LogP contribution in [0.25, 0.3) is 10.8 Å². The normalized spacial score (nSPS) is 11.7. The average molecular weight is 283 g/mol. The van der Waals surface area contributed by atoms with E-state index in [0.29, 0.717) is 6.54 Å². The van der Waals surface area contributed by atoms with Gasteiger partial charge in [0.05, 0.1) is 0 Å². The van der Waals surface area contributed by atoms with Crippen molar-refractivity contribution in [1.82, 2.24) is 4.90 Å². The van der Waals surface area contributed by atoms with Crippen molar-refractivity contribution in [2.75, 3.05) is 7.05 Å². The minimum Gasteiger partial charge on any atom is -0.341 e. The highest BCUT2D eigenvalue weighted by Crippen LogP contribution is 2.23. The molecule has 0 aliphatic rings. The fourth-order valence-corrected chi connectivity index (χ4v) is 2.66. The molecule has 112 valence electrons. The molecule has 21 heavy (non-hydrogen) atoms. The minimum atomic E-state index is -0.339. The van der Waals surface area contributed by atoms with E-state index < -0.39 is 0 Å². The Morgan fingerprint density at radius 1 is 1.14 bits per heavy atom. The lowest BCUT2D eigenvalue weighted by atomic mass is 9.94. The van der Waals surface area contributed by atoms with Gasteiger partial charge in [0.15, 0.2) is 0 Å². The van der Waals surface area contributed by atoms with Gasteiger partial charge in [0.1, 0.15) is 0 Å². The molecule has 0 saturated carbocycles. The molecule has 2 nitrogen and oxygen atoms in total. The molecule has 0 atom stereocenters. The second kappa shape index (κ2) is 5.88. The largest absolute Gasteiger partial charge is 0.341 e. The molecule has 0 bridgehead atoms. The highest BCUT2D eigenvalue weighted by molar-refractivity contribution is 5.87. The number of aryl methyl sites for hydroxylation is 1. The number of hydrogen-bond donors (Lipinski definition) is 0. The van der Waals surface area contributed by atoms with Crippen LogP contribution in [0, 0.1) is 5.41 Å². The maximum Gasteiger partial charge on any atom is 0.227 e. The zero-order valence-electron chi connectivity index (χ0n) is 13.7. The summed E-state index contributed by atoms with van der Waals surface area (Å²) in [6, 6.07) is 12.9. The predicted molar refractivity (Wildman–Crippen MR) is 89.3 cm³/mol. The summed E-state index contributed by atoms with van der Waals surface area (Å²) in [5.74, 6) is 0.171. The third kappa shape index (κ3) is 3.44. The van der Waals surface area contributed by atoms with E-state index in [2.05, 4.69) is 43.3 Å². The maximum absolute atomic E-state index is 12.3. The Labute approximate surface area is 127 Å². The summed E-state index contributed by atoms with van der Waals surface area (Å²) in [6.45, 7) is 8.70. The number of carbonyl (C=O) groups excluding carboxylic acids is 1. The van der Waals surface area contributed by atoms with Gasteiger partial charge >= 0.3 is 0 Å². The van der Waals surface area contributed by atoms with E-state index in [1.54, 1.807) is 0 Å². The molecule has 2 aromatic rings. The summed E-state index contributed by atoms with van der Waals surface area (Å²) < 4.78 is 0. The van der Waals surface area contributed by atoms with Gasteiger partial charge in [-0.15, -0.1) is 0 Å². The van der Waals surface area contributed by atoms with Crippen LogP contribution >= 0.6 is 0 Å². The van der Waals surface area contributed by atoms with Gasteiger partial charge in [0.2, 0.25) is 5.91 Å². The third-order valence-corrected chi connectivity index (χ3v) is 3.84.